The molecule has 0 aromatic heterocycles. The van der Waals surface area contributed by atoms with Crippen LogP contribution in [0.2, 0.25) is 0 Å². The van der Waals surface area contributed by atoms with E-state index in [1.807, 2.05) is 18.2 Å². The third-order valence-electron chi connectivity index (χ3n) is 2.85. The largest absolute Gasteiger partial charge is 0.368 e. The molecular formula is C12H16N3O. The highest BCUT2D eigenvalue weighted by molar-refractivity contribution is 5.80. The van der Waals surface area contributed by atoms with Crippen molar-refractivity contribution in [3.05, 3.63) is 35.9 Å². The molecule has 0 saturated carbocycles. The summed E-state index contributed by atoms with van der Waals surface area (Å²) in [6, 6.07) is 9.87. The molecule has 1 aromatic carbocycles. The van der Waals surface area contributed by atoms with E-state index in [2.05, 4.69) is 22.3 Å². The first-order valence-corrected chi connectivity index (χ1v) is 5.48. The lowest BCUT2D eigenvalue weighted by atomic mass is 10.1. The highest BCUT2D eigenvalue weighted by atomic mass is 16.1. The zero-order valence-electron chi connectivity index (χ0n) is 9.17. The number of hydrogen-bond acceptors (Lipinski definition) is 2. The average Bonchev–Trinajstić information content (AvgIpc) is 2.31. The number of piperazine rings is 1. The number of nitrogens with zero attached hydrogens (tertiary/aromatic N) is 2. The summed E-state index contributed by atoms with van der Waals surface area (Å²) in [5.41, 5.74) is 6.57. The first-order chi connectivity index (χ1) is 7.77. The quantitative estimate of drug-likeness (QED) is 0.774. The van der Waals surface area contributed by atoms with Crippen LogP contribution in [0.3, 0.4) is 0 Å². The number of hydrogen-bond donors (Lipinski definition) is 1. The Labute approximate surface area is 95.4 Å². The third kappa shape index (κ3) is 2.59. The van der Waals surface area contributed by atoms with E-state index in [1.165, 1.54) is 5.56 Å². The minimum atomic E-state index is -0.278. The van der Waals surface area contributed by atoms with Gasteiger partial charge < -0.3 is 5.73 Å². The second kappa shape index (κ2) is 5.09. The second-order valence-electron chi connectivity index (χ2n) is 4.00. The van der Waals surface area contributed by atoms with Crippen LogP contribution in [0.4, 0.5) is 0 Å². The van der Waals surface area contributed by atoms with Gasteiger partial charge in [-0.25, -0.2) is 5.32 Å². The molecule has 1 aromatic rings. The van der Waals surface area contributed by atoms with Crippen LogP contribution in [-0.2, 0) is 11.3 Å². The molecule has 1 aliphatic rings. The Morgan fingerprint density at radius 1 is 1.44 bits per heavy atom. The lowest BCUT2D eigenvalue weighted by Gasteiger charge is -2.33. The highest BCUT2D eigenvalue weighted by Gasteiger charge is 2.27. The minimum absolute atomic E-state index is 0.242. The molecule has 4 nitrogen and oxygen atoms in total. The molecule has 1 radical (unpaired) electrons. The molecule has 1 heterocycles. The monoisotopic (exact) mass is 218 g/mol. The predicted octanol–water partition coefficient (Wildman–Crippen LogP) is -0.0395. The zero-order valence-corrected chi connectivity index (χ0v) is 9.17. The van der Waals surface area contributed by atoms with Crippen LogP contribution in [0.25, 0.3) is 0 Å². The van der Waals surface area contributed by atoms with Crippen LogP contribution in [0.5, 0.6) is 0 Å². The third-order valence-corrected chi connectivity index (χ3v) is 2.85. The van der Waals surface area contributed by atoms with Crippen molar-refractivity contribution in [3.63, 3.8) is 0 Å². The summed E-state index contributed by atoms with van der Waals surface area (Å²) in [6.45, 7) is 2.89. The summed E-state index contributed by atoms with van der Waals surface area (Å²) in [5.74, 6) is -0.278. The van der Waals surface area contributed by atoms with Gasteiger partial charge in [-0.05, 0) is 5.56 Å². The van der Waals surface area contributed by atoms with Gasteiger partial charge in [0.05, 0.1) is 0 Å². The van der Waals surface area contributed by atoms with Crippen LogP contribution in [-0.4, -0.2) is 36.5 Å². The lowest BCUT2D eigenvalue weighted by Crippen LogP contribution is -2.54. The van der Waals surface area contributed by atoms with Gasteiger partial charge in [-0.2, -0.15) is 0 Å². The molecule has 4 heteroatoms. The van der Waals surface area contributed by atoms with Gasteiger partial charge >= 0.3 is 0 Å². The summed E-state index contributed by atoms with van der Waals surface area (Å²) >= 11 is 0. The van der Waals surface area contributed by atoms with Gasteiger partial charge in [0.15, 0.2) is 0 Å². The molecule has 0 aliphatic carbocycles. The van der Waals surface area contributed by atoms with Gasteiger partial charge in [0, 0.05) is 26.2 Å². The summed E-state index contributed by atoms with van der Waals surface area (Å²) < 4.78 is 0. The van der Waals surface area contributed by atoms with Gasteiger partial charge in [0.2, 0.25) is 5.91 Å². The molecule has 85 valence electrons. The first-order valence-electron chi connectivity index (χ1n) is 5.48. The van der Waals surface area contributed by atoms with E-state index >= 15 is 0 Å². The molecule has 0 bridgehead atoms. The van der Waals surface area contributed by atoms with E-state index in [1.54, 1.807) is 0 Å². The van der Waals surface area contributed by atoms with E-state index in [0.29, 0.717) is 6.54 Å². The van der Waals surface area contributed by atoms with Crippen molar-refractivity contribution in [3.8, 4) is 0 Å². The Balaban J connectivity index is 2.04. The number of carbonyl (C=O) groups excluding carboxylic acids is 1. The lowest BCUT2D eigenvalue weighted by molar-refractivity contribution is -0.124. The number of carbonyl (C=O) groups is 1. The van der Waals surface area contributed by atoms with Crippen LogP contribution < -0.4 is 11.1 Å². The smallest absolute Gasteiger partial charge is 0.236 e. The van der Waals surface area contributed by atoms with E-state index in [9.17, 15) is 4.79 Å². The van der Waals surface area contributed by atoms with Gasteiger partial charge in [-0.15, -0.1) is 0 Å². The molecule has 1 amide bonds. The zero-order chi connectivity index (χ0) is 11.4. The highest BCUT2D eigenvalue weighted by Crippen LogP contribution is 2.10. The normalized spacial score (nSPS) is 21.9. The van der Waals surface area contributed by atoms with Crippen molar-refractivity contribution in [1.82, 2.24) is 10.2 Å². The fraction of sp³-hybridized carbons (Fsp3) is 0.417. The molecule has 2 rings (SSSR count). The van der Waals surface area contributed by atoms with E-state index in [-0.39, 0.29) is 11.9 Å². The van der Waals surface area contributed by atoms with Crippen molar-refractivity contribution in [2.24, 2.45) is 5.73 Å². The van der Waals surface area contributed by atoms with Crippen molar-refractivity contribution < 1.29 is 4.79 Å². The standard InChI is InChI=1S/C12H16N3O/c13-12(16)11-8-14-6-7-15(11)9-10-4-2-1-3-5-10/h1-5,11H,6-9H2,(H2,13,16). The molecule has 1 saturated heterocycles. The summed E-state index contributed by atoms with van der Waals surface area (Å²) in [6.07, 6.45) is 0. The molecular weight excluding hydrogens is 202 g/mol. The maximum absolute atomic E-state index is 11.3. The molecule has 1 atom stereocenters. The second-order valence-corrected chi connectivity index (χ2v) is 4.00. The molecule has 2 N–H and O–H groups in total. The maximum atomic E-state index is 11.3. The molecule has 0 spiro atoms. The summed E-state index contributed by atoms with van der Waals surface area (Å²) in [5, 5.41) is 4.23. The Bertz CT molecular complexity index is 353. The predicted molar refractivity (Wildman–Crippen MR) is 61.7 cm³/mol. The van der Waals surface area contributed by atoms with Gasteiger partial charge in [0.25, 0.3) is 0 Å². The fourth-order valence-electron chi connectivity index (χ4n) is 1.96. The van der Waals surface area contributed by atoms with E-state index in [4.69, 9.17) is 5.73 Å². The van der Waals surface area contributed by atoms with Gasteiger partial charge in [-0.1, -0.05) is 30.3 Å². The van der Waals surface area contributed by atoms with E-state index in [0.717, 1.165) is 19.6 Å². The summed E-state index contributed by atoms with van der Waals surface area (Å²) in [4.78, 5) is 13.4. The minimum Gasteiger partial charge on any atom is -0.368 e. The van der Waals surface area contributed by atoms with Gasteiger partial charge in [-0.3, -0.25) is 9.69 Å². The molecule has 16 heavy (non-hydrogen) atoms. The Morgan fingerprint density at radius 2 is 2.19 bits per heavy atom. The van der Waals surface area contributed by atoms with Crippen LogP contribution in [0, 0.1) is 0 Å². The maximum Gasteiger partial charge on any atom is 0.236 e. The van der Waals surface area contributed by atoms with Crippen molar-refractivity contribution in [2.75, 3.05) is 19.6 Å². The number of amides is 1. The molecule has 1 unspecified atom stereocenters. The number of nitrogens with two attached hydrogens (primary N) is 1. The fourth-order valence-corrected chi connectivity index (χ4v) is 1.96. The Kier molecular flexibility index (Phi) is 3.54. The SMILES string of the molecule is NC(=O)C1C[N]CCN1Cc1ccccc1. The molecule has 1 aliphatic heterocycles. The number of benzene rings is 1. The molecule has 1 fully saturated rings. The van der Waals surface area contributed by atoms with Crippen molar-refractivity contribution in [1.29, 1.82) is 0 Å². The Hall–Kier alpha value is -1.39. The topological polar surface area (TPSA) is 60.4 Å². The van der Waals surface area contributed by atoms with Gasteiger partial charge in [0.1, 0.15) is 6.04 Å². The Morgan fingerprint density at radius 3 is 2.88 bits per heavy atom. The first kappa shape index (κ1) is 11.1. The van der Waals surface area contributed by atoms with Crippen LogP contribution in [0.1, 0.15) is 5.56 Å². The van der Waals surface area contributed by atoms with Crippen molar-refractivity contribution >= 4 is 5.91 Å². The average molecular weight is 218 g/mol. The van der Waals surface area contributed by atoms with Crippen LogP contribution >= 0.6 is 0 Å². The summed E-state index contributed by atoms with van der Waals surface area (Å²) in [7, 11) is 0. The van der Waals surface area contributed by atoms with Crippen molar-refractivity contribution in [2.45, 2.75) is 12.6 Å². The number of primary amides is 1. The van der Waals surface area contributed by atoms with E-state index < -0.39 is 0 Å². The number of rotatable bonds is 3. The van der Waals surface area contributed by atoms with Crippen LogP contribution in [0.15, 0.2) is 30.3 Å².